The van der Waals surface area contributed by atoms with E-state index >= 15 is 0 Å². The maximum atomic E-state index is 13.2. The van der Waals surface area contributed by atoms with Crippen LogP contribution in [-0.4, -0.2) is 17.7 Å². The van der Waals surface area contributed by atoms with Crippen molar-refractivity contribution in [2.45, 2.75) is 6.92 Å². The predicted molar refractivity (Wildman–Crippen MR) is 117 cm³/mol. The monoisotopic (exact) mass is 416 g/mol. The average Bonchev–Trinajstić information content (AvgIpc) is 3.24. The van der Waals surface area contributed by atoms with Crippen molar-refractivity contribution in [3.63, 3.8) is 0 Å². The molecule has 1 aromatic heterocycles. The van der Waals surface area contributed by atoms with Crippen LogP contribution < -0.4 is 14.8 Å². The lowest BCUT2D eigenvalue weighted by molar-refractivity contribution is 0.102. The number of halogens is 1. The van der Waals surface area contributed by atoms with Crippen LogP contribution in [0.3, 0.4) is 0 Å². The highest BCUT2D eigenvalue weighted by Crippen LogP contribution is 2.36. The Labute approximate surface area is 178 Å². The van der Waals surface area contributed by atoms with Crippen molar-refractivity contribution in [3.8, 4) is 22.8 Å². The van der Waals surface area contributed by atoms with Crippen LogP contribution in [0.2, 0.25) is 5.02 Å². The Morgan fingerprint density at radius 1 is 1.00 bits per heavy atom. The van der Waals surface area contributed by atoms with E-state index in [1.165, 1.54) is 0 Å². The first kappa shape index (κ1) is 18.5. The Bertz CT molecular complexity index is 1300. The standard InChI is InChI=1S/C24H17ClN2O3/c1-14-18(25)6-4-8-19(14)27-24(28)17-12-21(26-20-7-3-2-5-16(17)20)15-9-10-22-23(11-15)30-13-29-22/h2-12H,13H2,1H3,(H,27,28). The largest absolute Gasteiger partial charge is 0.454 e. The molecule has 6 heteroatoms. The summed E-state index contributed by atoms with van der Waals surface area (Å²) in [5.74, 6) is 1.15. The summed E-state index contributed by atoms with van der Waals surface area (Å²) in [6.07, 6.45) is 0. The highest BCUT2D eigenvalue weighted by molar-refractivity contribution is 6.31. The molecule has 0 bridgehead atoms. The van der Waals surface area contributed by atoms with Gasteiger partial charge in [0.05, 0.1) is 16.8 Å². The third kappa shape index (κ3) is 3.23. The number of nitrogens with one attached hydrogen (secondary N) is 1. The zero-order chi connectivity index (χ0) is 20.7. The summed E-state index contributed by atoms with van der Waals surface area (Å²) in [5, 5.41) is 4.37. The summed E-state index contributed by atoms with van der Waals surface area (Å²) in [6.45, 7) is 2.08. The van der Waals surface area contributed by atoms with E-state index < -0.39 is 0 Å². The van der Waals surface area contributed by atoms with E-state index in [0.717, 1.165) is 22.0 Å². The van der Waals surface area contributed by atoms with E-state index in [9.17, 15) is 4.79 Å². The van der Waals surface area contributed by atoms with Crippen molar-refractivity contribution >= 4 is 34.1 Å². The lowest BCUT2D eigenvalue weighted by Crippen LogP contribution is -2.14. The molecular formula is C24H17ClN2O3. The second-order valence-corrected chi connectivity index (χ2v) is 7.41. The SMILES string of the molecule is Cc1c(Cl)cccc1NC(=O)c1cc(-c2ccc3c(c2)OCO3)nc2ccccc12. The third-order valence-corrected chi connectivity index (χ3v) is 5.55. The van der Waals surface area contributed by atoms with Crippen molar-refractivity contribution in [1.29, 1.82) is 0 Å². The summed E-state index contributed by atoms with van der Waals surface area (Å²) in [4.78, 5) is 18.0. The van der Waals surface area contributed by atoms with Gasteiger partial charge in [0.15, 0.2) is 11.5 Å². The van der Waals surface area contributed by atoms with Gasteiger partial charge in [-0.15, -0.1) is 0 Å². The molecule has 0 unspecified atom stereocenters. The van der Waals surface area contributed by atoms with E-state index in [1.54, 1.807) is 12.1 Å². The van der Waals surface area contributed by atoms with E-state index in [1.807, 2.05) is 61.5 Å². The first-order chi connectivity index (χ1) is 14.6. The summed E-state index contributed by atoms with van der Waals surface area (Å²) >= 11 is 6.21. The van der Waals surface area contributed by atoms with Crippen molar-refractivity contribution in [2.24, 2.45) is 0 Å². The molecule has 148 valence electrons. The highest BCUT2D eigenvalue weighted by atomic mass is 35.5. The normalized spacial score (nSPS) is 12.2. The van der Waals surface area contributed by atoms with Gasteiger partial charge in [0.1, 0.15) is 0 Å². The maximum absolute atomic E-state index is 13.2. The number of benzene rings is 3. The van der Waals surface area contributed by atoms with Crippen molar-refractivity contribution in [1.82, 2.24) is 4.98 Å². The number of ether oxygens (including phenoxy) is 2. The molecule has 1 N–H and O–H groups in total. The summed E-state index contributed by atoms with van der Waals surface area (Å²) in [5.41, 5.74) is 4.30. The van der Waals surface area contributed by atoms with Crippen molar-refractivity contribution in [2.75, 3.05) is 12.1 Å². The van der Waals surface area contributed by atoms with Gasteiger partial charge >= 0.3 is 0 Å². The van der Waals surface area contributed by atoms with Crippen LogP contribution in [0, 0.1) is 6.92 Å². The molecule has 1 amide bonds. The molecule has 0 fully saturated rings. The molecular weight excluding hydrogens is 400 g/mol. The van der Waals surface area contributed by atoms with Crippen molar-refractivity contribution in [3.05, 3.63) is 82.9 Å². The topological polar surface area (TPSA) is 60.5 Å². The van der Waals surface area contributed by atoms with Gasteiger partial charge in [0.25, 0.3) is 5.91 Å². The number of para-hydroxylation sites is 1. The molecule has 30 heavy (non-hydrogen) atoms. The molecule has 4 aromatic rings. The van der Waals surface area contributed by atoms with Crippen LogP contribution in [0.25, 0.3) is 22.2 Å². The van der Waals surface area contributed by atoms with Crippen molar-refractivity contribution < 1.29 is 14.3 Å². The molecule has 2 heterocycles. The van der Waals surface area contributed by atoms with Gasteiger partial charge in [-0.25, -0.2) is 4.98 Å². The smallest absolute Gasteiger partial charge is 0.256 e. The van der Waals surface area contributed by atoms with Gasteiger partial charge in [-0.3, -0.25) is 4.79 Å². The number of aromatic nitrogens is 1. The van der Waals surface area contributed by atoms with Crippen LogP contribution >= 0.6 is 11.6 Å². The van der Waals surface area contributed by atoms with Gasteiger partial charge in [0.2, 0.25) is 6.79 Å². The lowest BCUT2D eigenvalue weighted by atomic mass is 10.0. The number of fused-ring (bicyclic) bond motifs is 2. The van der Waals surface area contributed by atoms with Gasteiger partial charge < -0.3 is 14.8 Å². The van der Waals surface area contributed by atoms with E-state index in [4.69, 9.17) is 26.1 Å². The number of carbonyl (C=O) groups excluding carboxylic acids is 1. The molecule has 1 aliphatic heterocycles. The van der Waals surface area contributed by atoms with Crippen LogP contribution in [0.5, 0.6) is 11.5 Å². The highest BCUT2D eigenvalue weighted by Gasteiger charge is 2.18. The molecule has 0 radical (unpaired) electrons. The van der Waals surface area contributed by atoms with Crippen LogP contribution in [0.15, 0.2) is 66.7 Å². The van der Waals surface area contributed by atoms with Crippen LogP contribution in [-0.2, 0) is 0 Å². The second-order valence-electron chi connectivity index (χ2n) is 7.01. The first-order valence-electron chi connectivity index (χ1n) is 9.46. The predicted octanol–water partition coefficient (Wildman–Crippen LogP) is 5.84. The molecule has 1 aliphatic rings. The minimum absolute atomic E-state index is 0.205. The number of hydrogen-bond donors (Lipinski definition) is 1. The number of anilines is 1. The number of hydrogen-bond acceptors (Lipinski definition) is 4. The molecule has 0 aliphatic carbocycles. The Morgan fingerprint density at radius 3 is 2.73 bits per heavy atom. The second kappa shape index (κ2) is 7.35. The van der Waals surface area contributed by atoms with Crippen LogP contribution in [0.1, 0.15) is 15.9 Å². The zero-order valence-electron chi connectivity index (χ0n) is 16.1. The fourth-order valence-corrected chi connectivity index (χ4v) is 3.67. The maximum Gasteiger partial charge on any atom is 0.256 e. The fourth-order valence-electron chi connectivity index (χ4n) is 3.50. The molecule has 0 atom stereocenters. The van der Waals surface area contributed by atoms with Crippen LogP contribution in [0.4, 0.5) is 5.69 Å². The molecule has 5 nitrogen and oxygen atoms in total. The Balaban J connectivity index is 1.60. The fraction of sp³-hybridized carbons (Fsp3) is 0.0833. The number of pyridine rings is 1. The summed E-state index contributed by atoms with van der Waals surface area (Å²) < 4.78 is 10.9. The van der Waals surface area contributed by atoms with Gasteiger partial charge in [-0.1, -0.05) is 35.9 Å². The zero-order valence-corrected chi connectivity index (χ0v) is 16.9. The summed E-state index contributed by atoms with van der Waals surface area (Å²) in [6, 6.07) is 20.5. The Hall–Kier alpha value is -3.57. The average molecular weight is 417 g/mol. The molecule has 5 rings (SSSR count). The van der Waals surface area contributed by atoms with Gasteiger partial charge in [-0.2, -0.15) is 0 Å². The minimum Gasteiger partial charge on any atom is -0.454 e. The molecule has 3 aromatic carbocycles. The van der Waals surface area contributed by atoms with E-state index in [0.29, 0.717) is 33.5 Å². The Kier molecular flexibility index (Phi) is 4.52. The molecule has 0 saturated carbocycles. The number of carbonyl (C=O) groups is 1. The third-order valence-electron chi connectivity index (χ3n) is 5.15. The summed E-state index contributed by atoms with van der Waals surface area (Å²) in [7, 11) is 0. The molecule has 0 spiro atoms. The van der Waals surface area contributed by atoms with Gasteiger partial charge in [-0.05, 0) is 55.0 Å². The first-order valence-corrected chi connectivity index (χ1v) is 9.84. The quantitative estimate of drug-likeness (QED) is 0.455. The lowest BCUT2D eigenvalue weighted by Gasteiger charge is -2.13. The number of rotatable bonds is 3. The minimum atomic E-state index is -0.221. The molecule has 0 saturated heterocycles. The number of amides is 1. The van der Waals surface area contributed by atoms with E-state index in [-0.39, 0.29) is 12.7 Å². The number of nitrogens with zero attached hydrogens (tertiary/aromatic N) is 1. The Morgan fingerprint density at radius 2 is 1.83 bits per heavy atom. The van der Waals surface area contributed by atoms with E-state index in [2.05, 4.69) is 5.32 Å². The van der Waals surface area contributed by atoms with Gasteiger partial charge in [0, 0.05) is 21.7 Å².